The van der Waals surface area contributed by atoms with Gasteiger partial charge in [-0.25, -0.2) is 0 Å². The average molecular weight is 365 g/mol. The van der Waals surface area contributed by atoms with Crippen molar-refractivity contribution < 1.29 is 27.6 Å². The molecule has 1 amide bonds. The zero-order chi connectivity index (χ0) is 18.6. The van der Waals surface area contributed by atoms with Gasteiger partial charge in [0.15, 0.2) is 0 Å². The lowest BCUT2D eigenvalue weighted by Crippen LogP contribution is -3.12. The van der Waals surface area contributed by atoms with E-state index in [1.54, 1.807) is 12.1 Å². The van der Waals surface area contributed by atoms with Crippen LogP contribution in [0.4, 0.5) is 18.9 Å². The molecule has 0 unspecified atom stereocenters. The third-order valence-corrected chi connectivity index (χ3v) is 4.32. The van der Waals surface area contributed by atoms with Gasteiger partial charge in [0.05, 0.1) is 18.8 Å². The molecule has 3 rings (SSSR count). The molecule has 0 saturated carbocycles. The highest BCUT2D eigenvalue weighted by molar-refractivity contribution is 6.04. The first-order chi connectivity index (χ1) is 12.4. The number of rotatable bonds is 4. The van der Waals surface area contributed by atoms with Crippen molar-refractivity contribution in [3.05, 3.63) is 65.2 Å². The molecule has 26 heavy (non-hydrogen) atoms. The summed E-state index contributed by atoms with van der Waals surface area (Å²) < 4.78 is 43.6. The highest BCUT2D eigenvalue weighted by Gasteiger charge is 2.30. The fraction of sp³-hybridized carbons (Fsp3) is 0.316. The lowest BCUT2D eigenvalue weighted by atomic mass is 10.1. The van der Waals surface area contributed by atoms with Crippen molar-refractivity contribution in [1.29, 1.82) is 0 Å². The van der Waals surface area contributed by atoms with Gasteiger partial charge in [0, 0.05) is 16.8 Å². The van der Waals surface area contributed by atoms with Crippen molar-refractivity contribution in [3.63, 3.8) is 0 Å². The van der Waals surface area contributed by atoms with Gasteiger partial charge >= 0.3 is 6.18 Å². The van der Waals surface area contributed by atoms with Gasteiger partial charge in [0.25, 0.3) is 5.91 Å². The number of hydrogen-bond acceptors (Lipinski definition) is 2. The molecule has 0 aliphatic carbocycles. The molecule has 4 nitrogen and oxygen atoms in total. The van der Waals surface area contributed by atoms with E-state index in [4.69, 9.17) is 4.74 Å². The third-order valence-electron chi connectivity index (χ3n) is 4.32. The number of hydrogen-bond donors (Lipinski definition) is 2. The van der Waals surface area contributed by atoms with Crippen LogP contribution in [-0.2, 0) is 17.5 Å². The minimum atomic E-state index is -4.47. The van der Waals surface area contributed by atoms with Crippen molar-refractivity contribution in [2.24, 2.45) is 0 Å². The molecule has 7 heteroatoms. The first-order valence-corrected chi connectivity index (χ1v) is 8.41. The fourth-order valence-electron chi connectivity index (χ4n) is 2.87. The Morgan fingerprint density at radius 1 is 1.08 bits per heavy atom. The van der Waals surface area contributed by atoms with Crippen LogP contribution in [0.1, 0.15) is 21.5 Å². The second-order valence-electron chi connectivity index (χ2n) is 6.27. The number of carbonyl (C=O) groups excluding carboxylic acids is 1. The Bertz CT molecular complexity index is 754. The summed E-state index contributed by atoms with van der Waals surface area (Å²) >= 11 is 0. The Hall–Kier alpha value is -2.38. The second kappa shape index (κ2) is 7.88. The lowest BCUT2D eigenvalue weighted by Gasteiger charge is -2.23. The number of nitrogens with one attached hydrogen (secondary N) is 2. The smallest absolute Gasteiger partial charge is 0.370 e. The maximum atomic E-state index is 12.8. The first-order valence-electron chi connectivity index (χ1n) is 8.41. The van der Waals surface area contributed by atoms with Crippen LogP contribution in [-0.4, -0.2) is 32.2 Å². The summed E-state index contributed by atoms with van der Waals surface area (Å²) in [6, 6.07) is 11.8. The Balaban J connectivity index is 1.62. The predicted molar refractivity (Wildman–Crippen MR) is 91.1 cm³/mol. The number of benzene rings is 2. The zero-order valence-corrected chi connectivity index (χ0v) is 14.1. The van der Waals surface area contributed by atoms with Crippen molar-refractivity contribution in [2.75, 3.05) is 31.6 Å². The van der Waals surface area contributed by atoms with E-state index in [9.17, 15) is 18.0 Å². The molecule has 2 aromatic carbocycles. The summed E-state index contributed by atoms with van der Waals surface area (Å²) in [6.07, 6.45) is -4.47. The molecular weight excluding hydrogens is 345 g/mol. The maximum Gasteiger partial charge on any atom is 0.416 e. The SMILES string of the molecule is O=C(Nc1ccc(C[NH+]2CCOCC2)cc1)c1cccc(C(F)(F)F)c1. The molecule has 0 aromatic heterocycles. The van der Waals surface area contributed by atoms with E-state index in [2.05, 4.69) is 5.32 Å². The Morgan fingerprint density at radius 3 is 2.42 bits per heavy atom. The Morgan fingerprint density at radius 2 is 1.77 bits per heavy atom. The van der Waals surface area contributed by atoms with Gasteiger partial charge in [-0.1, -0.05) is 18.2 Å². The quantitative estimate of drug-likeness (QED) is 0.874. The number of quaternary nitrogens is 1. The molecule has 2 aromatic rings. The van der Waals surface area contributed by atoms with E-state index in [0.717, 1.165) is 50.5 Å². The molecule has 0 spiro atoms. The van der Waals surface area contributed by atoms with Gasteiger partial charge in [0.1, 0.15) is 19.6 Å². The van der Waals surface area contributed by atoms with Crippen molar-refractivity contribution in [2.45, 2.75) is 12.7 Å². The monoisotopic (exact) mass is 365 g/mol. The molecular formula is C19H20F3N2O2+. The molecule has 0 radical (unpaired) electrons. The molecule has 1 heterocycles. The van der Waals surface area contributed by atoms with Crippen LogP contribution in [0, 0.1) is 0 Å². The topological polar surface area (TPSA) is 42.8 Å². The van der Waals surface area contributed by atoms with E-state index >= 15 is 0 Å². The normalized spacial score (nSPS) is 15.7. The largest absolute Gasteiger partial charge is 0.416 e. The number of morpholine rings is 1. The van der Waals surface area contributed by atoms with Crippen LogP contribution in [0.2, 0.25) is 0 Å². The summed E-state index contributed by atoms with van der Waals surface area (Å²) in [5.74, 6) is -0.567. The van der Waals surface area contributed by atoms with E-state index in [-0.39, 0.29) is 5.56 Å². The van der Waals surface area contributed by atoms with E-state index in [1.807, 2.05) is 12.1 Å². The third kappa shape index (κ3) is 4.83. The summed E-state index contributed by atoms with van der Waals surface area (Å²) in [6.45, 7) is 4.34. The van der Waals surface area contributed by atoms with E-state index in [1.165, 1.54) is 17.0 Å². The van der Waals surface area contributed by atoms with E-state index < -0.39 is 17.6 Å². The standard InChI is InChI=1S/C19H19F3N2O2/c20-19(21,22)16-3-1-2-15(12-16)18(25)23-17-6-4-14(5-7-17)13-24-8-10-26-11-9-24/h1-7,12H,8-11,13H2,(H,23,25)/p+1. The molecule has 2 N–H and O–H groups in total. The second-order valence-corrected chi connectivity index (χ2v) is 6.27. The molecule has 1 fully saturated rings. The zero-order valence-electron chi connectivity index (χ0n) is 14.1. The summed E-state index contributed by atoms with van der Waals surface area (Å²) in [5, 5.41) is 2.63. The first kappa shape index (κ1) is 18.4. The van der Waals surface area contributed by atoms with Crippen LogP contribution < -0.4 is 10.2 Å². The molecule has 1 aliphatic rings. The number of halogens is 3. The summed E-state index contributed by atoms with van der Waals surface area (Å²) in [7, 11) is 0. The Labute approximate surface area is 149 Å². The van der Waals surface area contributed by atoms with E-state index in [0.29, 0.717) is 5.69 Å². The van der Waals surface area contributed by atoms with Crippen molar-refractivity contribution >= 4 is 11.6 Å². The number of alkyl halides is 3. The average Bonchev–Trinajstić information content (AvgIpc) is 2.63. The number of carbonyl (C=O) groups is 1. The van der Waals surface area contributed by atoms with Gasteiger partial charge in [0.2, 0.25) is 0 Å². The minimum absolute atomic E-state index is 0.0262. The lowest BCUT2D eigenvalue weighted by molar-refractivity contribution is -0.921. The predicted octanol–water partition coefficient (Wildman–Crippen LogP) is 2.37. The number of amides is 1. The van der Waals surface area contributed by atoms with Gasteiger partial charge in [-0.15, -0.1) is 0 Å². The summed E-state index contributed by atoms with van der Waals surface area (Å²) in [4.78, 5) is 13.6. The van der Waals surface area contributed by atoms with Crippen LogP contribution in [0.25, 0.3) is 0 Å². The van der Waals surface area contributed by atoms with Gasteiger partial charge in [-0.05, 0) is 30.3 Å². The number of ether oxygens (including phenoxy) is 1. The fourth-order valence-corrected chi connectivity index (χ4v) is 2.87. The van der Waals surface area contributed by atoms with Crippen molar-refractivity contribution in [3.8, 4) is 0 Å². The van der Waals surface area contributed by atoms with Gasteiger partial charge < -0.3 is 15.0 Å². The molecule has 0 atom stereocenters. The van der Waals surface area contributed by atoms with Crippen LogP contribution in [0.3, 0.4) is 0 Å². The van der Waals surface area contributed by atoms with Crippen molar-refractivity contribution in [1.82, 2.24) is 0 Å². The molecule has 1 saturated heterocycles. The molecule has 138 valence electrons. The molecule has 1 aliphatic heterocycles. The number of anilines is 1. The highest BCUT2D eigenvalue weighted by atomic mass is 19.4. The minimum Gasteiger partial charge on any atom is -0.370 e. The van der Waals surface area contributed by atoms with Gasteiger partial charge in [-0.2, -0.15) is 13.2 Å². The van der Waals surface area contributed by atoms with Crippen LogP contribution in [0.5, 0.6) is 0 Å². The van der Waals surface area contributed by atoms with Crippen LogP contribution >= 0.6 is 0 Å². The maximum absolute atomic E-state index is 12.8. The summed E-state index contributed by atoms with van der Waals surface area (Å²) in [5.41, 5.74) is 0.822. The molecule has 0 bridgehead atoms. The highest BCUT2D eigenvalue weighted by Crippen LogP contribution is 2.29. The Kier molecular flexibility index (Phi) is 5.58. The van der Waals surface area contributed by atoms with Crippen LogP contribution in [0.15, 0.2) is 48.5 Å². The van der Waals surface area contributed by atoms with Gasteiger partial charge in [-0.3, -0.25) is 4.79 Å².